The van der Waals surface area contributed by atoms with Gasteiger partial charge in [0.15, 0.2) is 0 Å². The molecule has 1 aliphatic heterocycles. The second-order valence-electron chi connectivity index (χ2n) is 9.03. The molecule has 190 valence electrons. The van der Waals surface area contributed by atoms with E-state index in [1.807, 2.05) is 67.1 Å². The van der Waals surface area contributed by atoms with Crippen molar-refractivity contribution in [3.8, 4) is 5.75 Å². The molecule has 8 heteroatoms. The van der Waals surface area contributed by atoms with Gasteiger partial charge < -0.3 is 15.4 Å². The van der Waals surface area contributed by atoms with E-state index < -0.39 is 6.04 Å². The molecule has 0 fully saturated rings. The normalized spacial score (nSPS) is 14.8. The zero-order valence-corrected chi connectivity index (χ0v) is 22.3. The average Bonchev–Trinajstić information content (AvgIpc) is 3.26. The first-order valence-electron chi connectivity index (χ1n) is 12.7. The van der Waals surface area contributed by atoms with E-state index in [2.05, 4.69) is 24.5 Å². The Hall–Kier alpha value is -3.26. The number of aryl methyl sites for hydroxylation is 1. The van der Waals surface area contributed by atoms with Gasteiger partial charge in [-0.15, -0.1) is 5.10 Å². The standard InChI is InChI=1S/C28H35N5O2S/c1-5-7-16-35-23-14-12-21(13-15-23)25-24(26(34)30-22-11-9-10-19(3)18-22)20(4)29-27-31-28(32-33(25)27)36-17-8-6-2/h9-15,18,25H,5-8,16-17H2,1-4H3,(H,30,34)(H,29,31,32). The molecule has 1 aliphatic rings. The van der Waals surface area contributed by atoms with E-state index in [4.69, 9.17) is 14.8 Å². The van der Waals surface area contributed by atoms with Gasteiger partial charge in [0.1, 0.15) is 11.8 Å². The largest absolute Gasteiger partial charge is 0.494 e. The van der Waals surface area contributed by atoms with Gasteiger partial charge in [0, 0.05) is 17.1 Å². The van der Waals surface area contributed by atoms with Crippen molar-refractivity contribution >= 4 is 29.3 Å². The van der Waals surface area contributed by atoms with Crippen LogP contribution in [0.25, 0.3) is 0 Å². The Kier molecular flexibility index (Phi) is 8.70. The van der Waals surface area contributed by atoms with E-state index in [-0.39, 0.29) is 5.91 Å². The van der Waals surface area contributed by atoms with Crippen LogP contribution < -0.4 is 15.4 Å². The van der Waals surface area contributed by atoms with Crippen LogP contribution in [0.15, 0.2) is 65.0 Å². The van der Waals surface area contributed by atoms with Crippen LogP contribution in [0.1, 0.15) is 63.6 Å². The Morgan fingerprint density at radius 1 is 1.11 bits per heavy atom. The quantitative estimate of drug-likeness (QED) is 0.226. The summed E-state index contributed by atoms with van der Waals surface area (Å²) in [7, 11) is 0. The number of carbonyl (C=O) groups excluding carboxylic acids is 1. The highest BCUT2D eigenvalue weighted by atomic mass is 32.2. The molecule has 2 aromatic carbocycles. The highest BCUT2D eigenvalue weighted by molar-refractivity contribution is 7.99. The van der Waals surface area contributed by atoms with Gasteiger partial charge in [-0.2, -0.15) is 4.98 Å². The molecule has 0 spiro atoms. The minimum Gasteiger partial charge on any atom is -0.494 e. The summed E-state index contributed by atoms with van der Waals surface area (Å²) < 4.78 is 7.69. The number of rotatable bonds is 11. The van der Waals surface area contributed by atoms with Crippen LogP contribution in [-0.4, -0.2) is 33.0 Å². The molecule has 3 aromatic rings. The van der Waals surface area contributed by atoms with E-state index in [1.165, 1.54) is 0 Å². The summed E-state index contributed by atoms with van der Waals surface area (Å²) in [4.78, 5) is 18.4. The van der Waals surface area contributed by atoms with Gasteiger partial charge >= 0.3 is 0 Å². The first kappa shape index (κ1) is 25.8. The van der Waals surface area contributed by atoms with E-state index in [1.54, 1.807) is 11.8 Å². The molecule has 0 saturated heterocycles. The van der Waals surface area contributed by atoms with Crippen molar-refractivity contribution < 1.29 is 9.53 Å². The van der Waals surface area contributed by atoms with Crippen LogP contribution in [0, 0.1) is 6.92 Å². The van der Waals surface area contributed by atoms with E-state index in [0.29, 0.717) is 23.3 Å². The number of allylic oxidation sites excluding steroid dienone is 1. The number of anilines is 2. The maximum Gasteiger partial charge on any atom is 0.255 e. The Balaban J connectivity index is 1.67. The minimum atomic E-state index is -0.413. The predicted octanol–water partition coefficient (Wildman–Crippen LogP) is 6.59. The SMILES string of the molecule is CCCCOc1ccc(C2C(C(=O)Nc3cccc(C)c3)=C(C)Nc3nc(SCCCC)nn32)cc1. The van der Waals surface area contributed by atoms with E-state index in [9.17, 15) is 4.79 Å². The summed E-state index contributed by atoms with van der Waals surface area (Å²) in [6, 6.07) is 15.4. The molecule has 7 nitrogen and oxygen atoms in total. The first-order chi connectivity index (χ1) is 17.5. The van der Waals surface area contributed by atoms with Gasteiger partial charge in [-0.1, -0.05) is 62.7 Å². The zero-order valence-electron chi connectivity index (χ0n) is 21.5. The van der Waals surface area contributed by atoms with Gasteiger partial charge in [-0.05, 0) is 62.1 Å². The summed E-state index contributed by atoms with van der Waals surface area (Å²) in [5.41, 5.74) is 4.17. The maximum atomic E-state index is 13.6. The van der Waals surface area contributed by atoms with Gasteiger partial charge in [0.2, 0.25) is 11.1 Å². The summed E-state index contributed by atoms with van der Waals surface area (Å²) in [6.45, 7) is 8.94. The topological polar surface area (TPSA) is 81.1 Å². The fraction of sp³-hybridized carbons (Fsp3) is 0.393. The van der Waals surface area contributed by atoms with Gasteiger partial charge in [-0.25, -0.2) is 4.68 Å². The number of nitrogens with zero attached hydrogens (tertiary/aromatic N) is 3. The second kappa shape index (κ2) is 12.1. The smallest absolute Gasteiger partial charge is 0.255 e. The summed E-state index contributed by atoms with van der Waals surface area (Å²) in [5.74, 6) is 2.26. The van der Waals surface area contributed by atoms with Crippen molar-refractivity contribution in [2.45, 2.75) is 64.6 Å². The molecule has 0 radical (unpaired) electrons. The fourth-order valence-corrected chi connectivity index (χ4v) is 5.02. The molecule has 1 unspecified atom stereocenters. The van der Waals surface area contributed by atoms with Crippen molar-refractivity contribution in [2.75, 3.05) is 23.0 Å². The molecule has 0 bridgehead atoms. The van der Waals surface area contributed by atoms with Gasteiger partial charge in [0.05, 0.1) is 12.2 Å². The molecule has 0 saturated carbocycles. The Labute approximate surface area is 217 Å². The summed E-state index contributed by atoms with van der Waals surface area (Å²) in [5, 5.41) is 11.9. The highest BCUT2D eigenvalue weighted by Gasteiger charge is 2.34. The molecular formula is C28H35N5O2S. The molecule has 1 aromatic heterocycles. The summed E-state index contributed by atoms with van der Waals surface area (Å²) in [6.07, 6.45) is 4.33. The average molecular weight is 506 g/mol. The predicted molar refractivity (Wildman–Crippen MR) is 147 cm³/mol. The van der Waals surface area contributed by atoms with Crippen LogP contribution in [0.4, 0.5) is 11.6 Å². The lowest BCUT2D eigenvalue weighted by molar-refractivity contribution is -0.113. The zero-order chi connectivity index (χ0) is 25.5. The molecular weight excluding hydrogens is 470 g/mol. The lowest BCUT2D eigenvalue weighted by atomic mass is 9.95. The minimum absolute atomic E-state index is 0.166. The number of hydrogen-bond donors (Lipinski definition) is 2. The highest BCUT2D eigenvalue weighted by Crippen LogP contribution is 2.37. The van der Waals surface area contributed by atoms with Crippen LogP contribution in [0.5, 0.6) is 5.75 Å². The van der Waals surface area contributed by atoms with Crippen molar-refractivity contribution in [1.82, 2.24) is 14.8 Å². The summed E-state index contributed by atoms with van der Waals surface area (Å²) >= 11 is 1.64. The number of aromatic nitrogens is 3. The van der Waals surface area contributed by atoms with Crippen LogP contribution >= 0.6 is 11.8 Å². The second-order valence-corrected chi connectivity index (χ2v) is 10.1. The van der Waals surface area contributed by atoms with Crippen molar-refractivity contribution in [2.24, 2.45) is 0 Å². The molecule has 4 rings (SSSR count). The maximum absolute atomic E-state index is 13.6. The number of benzene rings is 2. The van der Waals surface area contributed by atoms with Crippen molar-refractivity contribution in [1.29, 1.82) is 0 Å². The third-order valence-corrected chi connectivity index (χ3v) is 6.97. The Morgan fingerprint density at radius 2 is 1.89 bits per heavy atom. The van der Waals surface area contributed by atoms with Gasteiger partial charge in [0.25, 0.3) is 5.91 Å². The van der Waals surface area contributed by atoms with Crippen molar-refractivity contribution in [3.05, 3.63) is 70.9 Å². The van der Waals surface area contributed by atoms with E-state index in [0.717, 1.165) is 59.7 Å². The number of fused-ring (bicyclic) bond motifs is 1. The third-order valence-electron chi connectivity index (χ3n) is 6.05. The molecule has 1 amide bonds. The van der Waals surface area contributed by atoms with Crippen LogP contribution in [0.3, 0.4) is 0 Å². The number of ether oxygens (including phenoxy) is 1. The third kappa shape index (κ3) is 6.10. The van der Waals surface area contributed by atoms with Crippen molar-refractivity contribution in [3.63, 3.8) is 0 Å². The Morgan fingerprint density at radius 3 is 2.61 bits per heavy atom. The number of unbranched alkanes of at least 4 members (excludes halogenated alkanes) is 2. The number of carbonyl (C=O) groups is 1. The first-order valence-corrected chi connectivity index (χ1v) is 13.7. The molecule has 2 N–H and O–H groups in total. The molecule has 0 aliphatic carbocycles. The number of thioether (sulfide) groups is 1. The fourth-order valence-electron chi connectivity index (χ4n) is 4.10. The number of amides is 1. The number of hydrogen-bond acceptors (Lipinski definition) is 6. The molecule has 1 atom stereocenters. The van der Waals surface area contributed by atoms with Gasteiger partial charge in [-0.3, -0.25) is 4.79 Å². The number of nitrogens with one attached hydrogen (secondary N) is 2. The Bertz CT molecular complexity index is 1220. The molecule has 2 heterocycles. The van der Waals surface area contributed by atoms with E-state index >= 15 is 0 Å². The van der Waals surface area contributed by atoms with Crippen LogP contribution in [0.2, 0.25) is 0 Å². The lowest BCUT2D eigenvalue weighted by Crippen LogP contribution is -2.31. The molecule has 36 heavy (non-hydrogen) atoms. The monoisotopic (exact) mass is 505 g/mol. The lowest BCUT2D eigenvalue weighted by Gasteiger charge is -2.28. The van der Waals surface area contributed by atoms with Crippen LogP contribution in [-0.2, 0) is 4.79 Å².